The Balaban J connectivity index is 2.27. The van der Waals surface area contributed by atoms with E-state index in [4.69, 9.17) is 5.11 Å². The SMILES string of the molecule is CCCC(CC(=O)O)c1ccc(C)c(C(=O)N2CCCC2)c1. The number of aliphatic carboxylic acids is 1. The van der Waals surface area contributed by atoms with Gasteiger partial charge in [-0.05, 0) is 49.3 Å². The maximum atomic E-state index is 12.6. The van der Waals surface area contributed by atoms with Crippen LogP contribution in [-0.2, 0) is 4.79 Å². The van der Waals surface area contributed by atoms with Crippen LogP contribution in [0.1, 0.15) is 66.4 Å². The fraction of sp³-hybridized carbons (Fsp3) is 0.556. The molecule has 1 fully saturated rings. The standard InChI is InChI=1S/C18H25NO3/c1-3-6-14(12-17(20)21)15-8-7-13(2)16(11-15)18(22)19-9-4-5-10-19/h7-8,11,14H,3-6,9-10,12H2,1-2H3,(H,20,21). The fourth-order valence-electron chi connectivity index (χ4n) is 3.16. The Bertz CT molecular complexity index is 547. The second kappa shape index (κ2) is 7.43. The van der Waals surface area contributed by atoms with Crippen molar-refractivity contribution in [1.82, 2.24) is 4.90 Å². The van der Waals surface area contributed by atoms with Crippen LogP contribution < -0.4 is 0 Å². The summed E-state index contributed by atoms with van der Waals surface area (Å²) in [6.45, 7) is 5.66. The van der Waals surface area contributed by atoms with E-state index in [-0.39, 0.29) is 18.2 Å². The van der Waals surface area contributed by atoms with E-state index in [1.54, 1.807) is 0 Å². The maximum absolute atomic E-state index is 12.6. The molecule has 1 saturated heterocycles. The molecule has 1 N–H and O–H groups in total. The maximum Gasteiger partial charge on any atom is 0.303 e. The molecule has 1 aromatic rings. The first-order chi connectivity index (χ1) is 10.5. The van der Waals surface area contributed by atoms with Gasteiger partial charge in [-0.1, -0.05) is 25.5 Å². The van der Waals surface area contributed by atoms with Crippen molar-refractivity contribution in [3.8, 4) is 0 Å². The Morgan fingerprint density at radius 1 is 1.27 bits per heavy atom. The summed E-state index contributed by atoms with van der Waals surface area (Å²) in [6.07, 6.45) is 4.02. The van der Waals surface area contributed by atoms with E-state index in [1.165, 1.54) is 0 Å². The van der Waals surface area contributed by atoms with Crippen molar-refractivity contribution in [3.63, 3.8) is 0 Å². The summed E-state index contributed by atoms with van der Waals surface area (Å²) in [5.41, 5.74) is 2.66. The van der Waals surface area contributed by atoms with Gasteiger partial charge in [0.25, 0.3) is 5.91 Å². The van der Waals surface area contributed by atoms with Crippen LogP contribution in [-0.4, -0.2) is 35.0 Å². The summed E-state index contributed by atoms with van der Waals surface area (Å²) in [5.74, 6) is -0.720. The number of hydrogen-bond donors (Lipinski definition) is 1. The molecule has 1 heterocycles. The molecular formula is C18H25NO3. The molecule has 2 rings (SSSR count). The van der Waals surface area contributed by atoms with Gasteiger partial charge in [0.15, 0.2) is 0 Å². The molecule has 1 unspecified atom stereocenters. The number of carbonyl (C=O) groups excluding carboxylic acids is 1. The number of carboxylic acids is 1. The van der Waals surface area contributed by atoms with E-state index >= 15 is 0 Å². The minimum atomic E-state index is -0.786. The number of hydrogen-bond acceptors (Lipinski definition) is 2. The molecule has 0 spiro atoms. The predicted octanol–water partition coefficient (Wildman–Crippen LogP) is 3.59. The van der Waals surface area contributed by atoms with E-state index in [1.807, 2.05) is 30.0 Å². The van der Waals surface area contributed by atoms with Crippen LogP contribution in [0, 0.1) is 6.92 Å². The van der Waals surface area contributed by atoms with Crippen molar-refractivity contribution in [2.45, 2.75) is 51.9 Å². The van der Waals surface area contributed by atoms with Gasteiger partial charge in [-0.25, -0.2) is 0 Å². The van der Waals surface area contributed by atoms with Crippen molar-refractivity contribution in [3.05, 3.63) is 34.9 Å². The summed E-state index contributed by atoms with van der Waals surface area (Å²) >= 11 is 0. The van der Waals surface area contributed by atoms with E-state index < -0.39 is 5.97 Å². The Hall–Kier alpha value is -1.84. The molecule has 0 aliphatic carbocycles. The Morgan fingerprint density at radius 3 is 2.55 bits per heavy atom. The van der Waals surface area contributed by atoms with Gasteiger partial charge in [-0.15, -0.1) is 0 Å². The molecule has 1 atom stereocenters. The third kappa shape index (κ3) is 3.87. The zero-order valence-corrected chi connectivity index (χ0v) is 13.5. The fourth-order valence-corrected chi connectivity index (χ4v) is 3.16. The van der Waals surface area contributed by atoms with Crippen molar-refractivity contribution in [1.29, 1.82) is 0 Å². The Kier molecular flexibility index (Phi) is 5.58. The molecular weight excluding hydrogens is 278 g/mol. The molecule has 1 aromatic carbocycles. The summed E-state index contributed by atoms with van der Waals surface area (Å²) in [4.78, 5) is 25.6. The van der Waals surface area contributed by atoms with Crippen molar-refractivity contribution < 1.29 is 14.7 Å². The average Bonchev–Trinajstić information content (AvgIpc) is 3.00. The largest absolute Gasteiger partial charge is 0.481 e. The van der Waals surface area contributed by atoms with Gasteiger partial charge in [-0.3, -0.25) is 9.59 Å². The van der Waals surface area contributed by atoms with Gasteiger partial charge < -0.3 is 10.0 Å². The lowest BCUT2D eigenvalue weighted by molar-refractivity contribution is -0.137. The van der Waals surface area contributed by atoms with Crippen LogP contribution in [0.3, 0.4) is 0 Å². The highest BCUT2D eigenvalue weighted by molar-refractivity contribution is 5.96. The summed E-state index contributed by atoms with van der Waals surface area (Å²) in [5, 5.41) is 9.10. The third-order valence-electron chi connectivity index (χ3n) is 4.41. The number of amides is 1. The number of carboxylic acid groups (broad SMARTS) is 1. The first-order valence-electron chi connectivity index (χ1n) is 8.14. The first-order valence-corrected chi connectivity index (χ1v) is 8.14. The number of carbonyl (C=O) groups is 2. The van der Waals surface area contributed by atoms with E-state index in [0.717, 1.165) is 55.5 Å². The number of benzene rings is 1. The highest BCUT2D eigenvalue weighted by atomic mass is 16.4. The molecule has 1 amide bonds. The second-order valence-corrected chi connectivity index (χ2v) is 6.16. The monoisotopic (exact) mass is 303 g/mol. The molecule has 120 valence electrons. The molecule has 0 saturated carbocycles. The molecule has 0 aromatic heterocycles. The van der Waals surface area contributed by atoms with E-state index in [2.05, 4.69) is 6.92 Å². The van der Waals surface area contributed by atoms with Crippen LogP contribution >= 0.6 is 0 Å². The zero-order valence-electron chi connectivity index (χ0n) is 13.5. The highest BCUT2D eigenvalue weighted by Gasteiger charge is 2.23. The number of nitrogens with zero attached hydrogens (tertiary/aromatic N) is 1. The number of likely N-dealkylation sites (tertiary alicyclic amines) is 1. The van der Waals surface area contributed by atoms with Gasteiger partial charge in [0.2, 0.25) is 0 Å². The smallest absolute Gasteiger partial charge is 0.303 e. The number of rotatable bonds is 6. The molecule has 4 heteroatoms. The van der Waals surface area contributed by atoms with Crippen LogP contribution in [0.15, 0.2) is 18.2 Å². The van der Waals surface area contributed by atoms with Gasteiger partial charge >= 0.3 is 5.97 Å². The lowest BCUT2D eigenvalue weighted by atomic mass is 9.89. The van der Waals surface area contributed by atoms with Crippen LogP contribution in [0.4, 0.5) is 0 Å². The average molecular weight is 303 g/mol. The lowest BCUT2D eigenvalue weighted by Crippen LogP contribution is -2.28. The van der Waals surface area contributed by atoms with Gasteiger partial charge in [0.1, 0.15) is 0 Å². The normalized spacial score (nSPS) is 15.8. The molecule has 0 bridgehead atoms. The second-order valence-electron chi connectivity index (χ2n) is 6.16. The summed E-state index contributed by atoms with van der Waals surface area (Å²) < 4.78 is 0. The van der Waals surface area contributed by atoms with Crippen LogP contribution in [0.5, 0.6) is 0 Å². The molecule has 1 aliphatic rings. The Morgan fingerprint density at radius 2 is 1.95 bits per heavy atom. The third-order valence-corrected chi connectivity index (χ3v) is 4.41. The van der Waals surface area contributed by atoms with Crippen LogP contribution in [0.25, 0.3) is 0 Å². The first kappa shape index (κ1) is 16.5. The summed E-state index contributed by atoms with van der Waals surface area (Å²) in [7, 11) is 0. The topological polar surface area (TPSA) is 57.6 Å². The predicted molar refractivity (Wildman–Crippen MR) is 86.2 cm³/mol. The van der Waals surface area contributed by atoms with Gasteiger partial charge in [0, 0.05) is 18.7 Å². The Labute approximate surface area is 132 Å². The van der Waals surface area contributed by atoms with Gasteiger partial charge in [-0.2, -0.15) is 0 Å². The summed E-state index contributed by atoms with van der Waals surface area (Å²) in [6, 6.07) is 5.84. The van der Waals surface area contributed by atoms with E-state index in [0.29, 0.717) is 0 Å². The zero-order chi connectivity index (χ0) is 16.1. The quantitative estimate of drug-likeness (QED) is 0.873. The van der Waals surface area contributed by atoms with Crippen molar-refractivity contribution >= 4 is 11.9 Å². The molecule has 0 radical (unpaired) electrons. The minimum absolute atomic E-state index is 0.0202. The molecule has 4 nitrogen and oxygen atoms in total. The van der Waals surface area contributed by atoms with Crippen molar-refractivity contribution in [2.24, 2.45) is 0 Å². The van der Waals surface area contributed by atoms with Gasteiger partial charge in [0.05, 0.1) is 6.42 Å². The molecule has 1 aliphatic heterocycles. The van der Waals surface area contributed by atoms with Crippen molar-refractivity contribution in [2.75, 3.05) is 13.1 Å². The minimum Gasteiger partial charge on any atom is -0.481 e. The van der Waals surface area contributed by atoms with Crippen LogP contribution in [0.2, 0.25) is 0 Å². The highest BCUT2D eigenvalue weighted by Crippen LogP contribution is 2.28. The lowest BCUT2D eigenvalue weighted by Gasteiger charge is -2.20. The molecule has 22 heavy (non-hydrogen) atoms. The van der Waals surface area contributed by atoms with E-state index in [9.17, 15) is 9.59 Å². The number of aryl methyl sites for hydroxylation is 1.